The first-order chi connectivity index (χ1) is 11.0. The van der Waals surface area contributed by atoms with E-state index in [0.717, 1.165) is 12.8 Å². The molecule has 0 bridgehead atoms. The standard InChI is InChI=1S/C15H18N4O4/c1-10(14(21)22)19(11-5-6-11)13(20)7-9-18-15(23)17-8-3-2-4-12(17)16-18/h2-4,8,10-11H,5-7,9H2,1H3,(H,21,22). The van der Waals surface area contributed by atoms with Gasteiger partial charge < -0.3 is 10.0 Å². The fourth-order valence-corrected chi connectivity index (χ4v) is 2.65. The number of hydrogen-bond donors (Lipinski definition) is 1. The zero-order valence-corrected chi connectivity index (χ0v) is 12.8. The van der Waals surface area contributed by atoms with E-state index in [2.05, 4.69) is 5.10 Å². The molecule has 2 aromatic rings. The second-order valence-corrected chi connectivity index (χ2v) is 5.73. The Morgan fingerprint density at radius 2 is 2.17 bits per heavy atom. The minimum atomic E-state index is -1.02. The molecule has 0 radical (unpaired) electrons. The zero-order chi connectivity index (χ0) is 16.6. The molecule has 1 amide bonds. The Kier molecular flexibility index (Phi) is 3.89. The lowest BCUT2D eigenvalue weighted by Gasteiger charge is -2.26. The number of carbonyl (C=O) groups is 2. The van der Waals surface area contributed by atoms with Crippen molar-refractivity contribution in [2.45, 2.75) is 44.8 Å². The van der Waals surface area contributed by atoms with Gasteiger partial charge in [0.05, 0.1) is 6.54 Å². The maximum atomic E-state index is 12.4. The van der Waals surface area contributed by atoms with Crippen LogP contribution >= 0.6 is 0 Å². The SMILES string of the molecule is CC(C(=O)O)N(C(=O)CCn1nc2ccccn2c1=O)C1CC1. The lowest BCUT2D eigenvalue weighted by atomic mass is 10.2. The molecule has 8 heteroatoms. The van der Waals surface area contributed by atoms with Crippen LogP contribution in [0.3, 0.4) is 0 Å². The topological polar surface area (TPSA) is 96.9 Å². The maximum Gasteiger partial charge on any atom is 0.350 e. The fourth-order valence-electron chi connectivity index (χ4n) is 2.65. The molecule has 1 unspecified atom stereocenters. The summed E-state index contributed by atoms with van der Waals surface area (Å²) in [6.45, 7) is 1.64. The monoisotopic (exact) mass is 318 g/mol. The van der Waals surface area contributed by atoms with Gasteiger partial charge in [-0.2, -0.15) is 0 Å². The Bertz CT molecular complexity index is 805. The summed E-state index contributed by atoms with van der Waals surface area (Å²) in [5, 5.41) is 13.3. The van der Waals surface area contributed by atoms with Gasteiger partial charge in [0, 0.05) is 18.7 Å². The van der Waals surface area contributed by atoms with Crippen LogP contribution in [0.1, 0.15) is 26.2 Å². The quantitative estimate of drug-likeness (QED) is 0.829. The van der Waals surface area contributed by atoms with Gasteiger partial charge in [-0.1, -0.05) is 6.07 Å². The van der Waals surface area contributed by atoms with Gasteiger partial charge >= 0.3 is 11.7 Å². The summed E-state index contributed by atoms with van der Waals surface area (Å²) in [7, 11) is 0. The molecule has 1 fully saturated rings. The van der Waals surface area contributed by atoms with E-state index in [4.69, 9.17) is 5.11 Å². The van der Waals surface area contributed by atoms with Gasteiger partial charge in [-0.25, -0.2) is 14.3 Å². The summed E-state index contributed by atoms with van der Waals surface area (Å²) >= 11 is 0. The number of nitrogens with zero attached hydrogens (tertiary/aromatic N) is 4. The number of carbonyl (C=O) groups excluding carboxylic acids is 1. The van der Waals surface area contributed by atoms with E-state index in [0.29, 0.717) is 5.65 Å². The van der Waals surface area contributed by atoms with Crippen LogP contribution in [0.2, 0.25) is 0 Å². The van der Waals surface area contributed by atoms with Crippen LogP contribution in [-0.4, -0.2) is 48.1 Å². The predicted molar refractivity (Wildman–Crippen MR) is 81.0 cm³/mol. The van der Waals surface area contributed by atoms with E-state index in [1.807, 2.05) is 0 Å². The van der Waals surface area contributed by atoms with Gasteiger partial charge in [0.25, 0.3) is 0 Å². The summed E-state index contributed by atoms with van der Waals surface area (Å²) in [5.41, 5.74) is 0.209. The molecule has 1 aliphatic rings. The molecule has 1 atom stereocenters. The molecule has 0 saturated heterocycles. The van der Waals surface area contributed by atoms with Crippen molar-refractivity contribution in [1.82, 2.24) is 19.1 Å². The molecule has 8 nitrogen and oxygen atoms in total. The number of fused-ring (bicyclic) bond motifs is 1. The molecule has 122 valence electrons. The number of rotatable bonds is 6. The van der Waals surface area contributed by atoms with Gasteiger partial charge in [-0.3, -0.25) is 9.20 Å². The lowest BCUT2D eigenvalue weighted by Crippen LogP contribution is -2.45. The zero-order valence-electron chi connectivity index (χ0n) is 12.8. The molecule has 1 aliphatic carbocycles. The Hall–Kier alpha value is -2.64. The lowest BCUT2D eigenvalue weighted by molar-refractivity contribution is -0.150. The van der Waals surface area contributed by atoms with Crippen molar-refractivity contribution in [3.05, 3.63) is 34.9 Å². The Morgan fingerprint density at radius 3 is 2.78 bits per heavy atom. The number of amides is 1. The summed E-state index contributed by atoms with van der Waals surface area (Å²) < 4.78 is 2.65. The highest BCUT2D eigenvalue weighted by molar-refractivity contribution is 5.83. The van der Waals surface area contributed by atoms with Gasteiger partial charge in [0.1, 0.15) is 6.04 Å². The number of carboxylic acid groups (broad SMARTS) is 1. The van der Waals surface area contributed by atoms with Crippen LogP contribution in [0.4, 0.5) is 0 Å². The van der Waals surface area contributed by atoms with Gasteiger partial charge in [-0.05, 0) is 31.9 Å². The highest BCUT2D eigenvalue weighted by atomic mass is 16.4. The van der Waals surface area contributed by atoms with Crippen LogP contribution < -0.4 is 5.69 Å². The number of carboxylic acids is 1. The molecule has 1 saturated carbocycles. The third-order valence-electron chi connectivity index (χ3n) is 4.03. The first-order valence-electron chi connectivity index (χ1n) is 7.57. The first-order valence-corrected chi connectivity index (χ1v) is 7.57. The van der Waals surface area contributed by atoms with Crippen LogP contribution in [0.25, 0.3) is 5.65 Å². The molecule has 0 aromatic carbocycles. The van der Waals surface area contributed by atoms with Crippen LogP contribution in [-0.2, 0) is 16.1 Å². The summed E-state index contributed by atoms with van der Waals surface area (Å²) in [6.07, 6.45) is 3.33. The van der Waals surface area contributed by atoms with Crippen molar-refractivity contribution in [3.63, 3.8) is 0 Å². The number of aryl methyl sites for hydroxylation is 1. The first kappa shape index (κ1) is 15.3. The van der Waals surface area contributed by atoms with Crippen molar-refractivity contribution < 1.29 is 14.7 Å². The van der Waals surface area contributed by atoms with Crippen LogP contribution in [0.15, 0.2) is 29.2 Å². The van der Waals surface area contributed by atoms with Gasteiger partial charge in [-0.15, -0.1) is 5.10 Å². The van der Waals surface area contributed by atoms with Crippen molar-refractivity contribution in [1.29, 1.82) is 0 Å². The molecule has 23 heavy (non-hydrogen) atoms. The van der Waals surface area contributed by atoms with E-state index in [9.17, 15) is 14.4 Å². The maximum absolute atomic E-state index is 12.4. The number of aromatic nitrogens is 3. The van der Waals surface area contributed by atoms with E-state index in [1.54, 1.807) is 24.4 Å². The third-order valence-corrected chi connectivity index (χ3v) is 4.03. The molecule has 2 aromatic heterocycles. The van der Waals surface area contributed by atoms with E-state index >= 15 is 0 Å². The van der Waals surface area contributed by atoms with Crippen LogP contribution in [0, 0.1) is 0 Å². The molecular weight excluding hydrogens is 300 g/mol. The Labute approximate surface area is 131 Å². The Morgan fingerprint density at radius 1 is 1.43 bits per heavy atom. The van der Waals surface area contributed by atoms with E-state index < -0.39 is 12.0 Å². The molecule has 0 aliphatic heterocycles. The second-order valence-electron chi connectivity index (χ2n) is 5.73. The number of pyridine rings is 1. The van der Waals surface area contributed by atoms with E-state index in [1.165, 1.54) is 20.9 Å². The van der Waals surface area contributed by atoms with E-state index in [-0.39, 0.29) is 30.6 Å². The highest BCUT2D eigenvalue weighted by Crippen LogP contribution is 2.29. The van der Waals surface area contributed by atoms with Crippen molar-refractivity contribution in [2.24, 2.45) is 0 Å². The average molecular weight is 318 g/mol. The number of aliphatic carboxylic acids is 1. The fraction of sp³-hybridized carbons (Fsp3) is 0.467. The minimum Gasteiger partial charge on any atom is -0.480 e. The largest absolute Gasteiger partial charge is 0.480 e. The Balaban J connectivity index is 1.73. The van der Waals surface area contributed by atoms with Crippen molar-refractivity contribution in [3.8, 4) is 0 Å². The molecule has 3 rings (SSSR count). The molecular formula is C15H18N4O4. The predicted octanol–water partition coefficient (Wildman–Crippen LogP) is 0.350. The minimum absolute atomic E-state index is 0.00592. The van der Waals surface area contributed by atoms with Crippen LogP contribution in [0.5, 0.6) is 0 Å². The molecule has 0 spiro atoms. The second kappa shape index (κ2) is 5.86. The smallest absolute Gasteiger partial charge is 0.350 e. The normalized spacial score (nSPS) is 15.5. The van der Waals surface area contributed by atoms with Crippen molar-refractivity contribution in [2.75, 3.05) is 0 Å². The number of hydrogen-bond acceptors (Lipinski definition) is 4. The summed E-state index contributed by atoms with van der Waals surface area (Å²) in [5.74, 6) is -1.28. The third kappa shape index (κ3) is 2.96. The van der Waals surface area contributed by atoms with Gasteiger partial charge in [0.15, 0.2) is 5.65 Å². The van der Waals surface area contributed by atoms with Gasteiger partial charge in [0.2, 0.25) is 5.91 Å². The summed E-state index contributed by atoms with van der Waals surface area (Å²) in [4.78, 5) is 37.1. The summed E-state index contributed by atoms with van der Waals surface area (Å²) in [6, 6.07) is 4.37. The van der Waals surface area contributed by atoms with Crippen molar-refractivity contribution >= 4 is 17.5 Å². The molecule has 1 N–H and O–H groups in total. The average Bonchev–Trinajstić information content (AvgIpc) is 3.30. The molecule has 2 heterocycles. The highest BCUT2D eigenvalue weighted by Gasteiger charge is 2.38.